The number of nitrogens with zero attached hydrogens (tertiary/aromatic N) is 1. The van der Waals surface area contributed by atoms with Gasteiger partial charge >= 0.3 is 0 Å². The van der Waals surface area contributed by atoms with Crippen LogP contribution in [0.25, 0.3) is 0 Å². The van der Waals surface area contributed by atoms with Gasteiger partial charge in [0.25, 0.3) is 5.56 Å². The molecule has 1 unspecified atom stereocenters. The van der Waals surface area contributed by atoms with Crippen LogP contribution in [-0.2, 0) is 11.3 Å². The van der Waals surface area contributed by atoms with Crippen molar-refractivity contribution in [3.8, 4) is 0 Å². The number of furan rings is 1. The third-order valence-electron chi connectivity index (χ3n) is 2.78. The summed E-state index contributed by atoms with van der Waals surface area (Å²) in [6.07, 6.45) is 1.59. The third kappa shape index (κ3) is 3.34. The zero-order valence-electron chi connectivity index (χ0n) is 10.9. The van der Waals surface area contributed by atoms with Crippen molar-refractivity contribution < 1.29 is 9.21 Å². The van der Waals surface area contributed by atoms with Crippen LogP contribution in [0, 0.1) is 6.92 Å². The average Bonchev–Trinajstić information content (AvgIpc) is 2.79. The van der Waals surface area contributed by atoms with Gasteiger partial charge in [0, 0.05) is 12.3 Å². The summed E-state index contributed by atoms with van der Waals surface area (Å²) in [6.45, 7) is 3.69. The maximum Gasteiger partial charge on any atom is 0.250 e. The van der Waals surface area contributed by atoms with Gasteiger partial charge in [-0.25, -0.2) is 0 Å². The molecule has 1 amide bonds. The second kappa shape index (κ2) is 5.56. The maximum absolute atomic E-state index is 11.8. The van der Waals surface area contributed by atoms with E-state index in [0.29, 0.717) is 5.76 Å². The maximum atomic E-state index is 11.8. The number of nitrogens with one attached hydrogen (secondary N) is 1. The molecule has 100 valence electrons. The first-order valence-electron chi connectivity index (χ1n) is 6.07. The summed E-state index contributed by atoms with van der Waals surface area (Å²) in [4.78, 5) is 23.3. The summed E-state index contributed by atoms with van der Waals surface area (Å²) >= 11 is 0. The number of amides is 1. The van der Waals surface area contributed by atoms with Gasteiger partial charge in [-0.2, -0.15) is 0 Å². The summed E-state index contributed by atoms with van der Waals surface area (Å²) < 4.78 is 6.79. The lowest BCUT2D eigenvalue weighted by Gasteiger charge is -2.12. The van der Waals surface area contributed by atoms with Crippen molar-refractivity contribution in [1.82, 2.24) is 9.88 Å². The Balaban J connectivity index is 1.98. The molecule has 0 saturated heterocycles. The van der Waals surface area contributed by atoms with E-state index in [1.54, 1.807) is 18.3 Å². The van der Waals surface area contributed by atoms with Gasteiger partial charge in [-0.3, -0.25) is 9.59 Å². The van der Waals surface area contributed by atoms with Gasteiger partial charge in [-0.05, 0) is 32.0 Å². The smallest absolute Gasteiger partial charge is 0.250 e. The van der Waals surface area contributed by atoms with E-state index < -0.39 is 0 Å². The second-order valence-corrected chi connectivity index (χ2v) is 4.40. The van der Waals surface area contributed by atoms with Crippen LogP contribution in [0.3, 0.4) is 0 Å². The summed E-state index contributed by atoms with van der Waals surface area (Å²) in [6, 6.07) is 8.24. The minimum absolute atomic E-state index is 0.00367. The van der Waals surface area contributed by atoms with Crippen LogP contribution >= 0.6 is 0 Å². The van der Waals surface area contributed by atoms with E-state index in [1.807, 2.05) is 26.0 Å². The van der Waals surface area contributed by atoms with Gasteiger partial charge in [0.1, 0.15) is 18.1 Å². The van der Waals surface area contributed by atoms with E-state index in [0.717, 1.165) is 5.76 Å². The largest absolute Gasteiger partial charge is 0.464 e. The molecule has 2 aromatic heterocycles. The highest BCUT2D eigenvalue weighted by Crippen LogP contribution is 2.15. The van der Waals surface area contributed by atoms with Crippen LogP contribution < -0.4 is 10.9 Å². The Hall–Kier alpha value is -2.30. The molecule has 5 nitrogen and oxygen atoms in total. The quantitative estimate of drug-likeness (QED) is 0.908. The number of carbonyl (C=O) groups is 1. The second-order valence-electron chi connectivity index (χ2n) is 4.40. The van der Waals surface area contributed by atoms with E-state index >= 15 is 0 Å². The van der Waals surface area contributed by atoms with Gasteiger partial charge in [0.2, 0.25) is 5.91 Å². The van der Waals surface area contributed by atoms with Gasteiger partial charge in [0.15, 0.2) is 0 Å². The molecule has 19 heavy (non-hydrogen) atoms. The third-order valence-corrected chi connectivity index (χ3v) is 2.78. The normalized spacial score (nSPS) is 12.1. The molecule has 0 radical (unpaired) electrons. The minimum Gasteiger partial charge on any atom is -0.464 e. The summed E-state index contributed by atoms with van der Waals surface area (Å²) in [7, 11) is 0. The lowest BCUT2D eigenvalue weighted by atomic mass is 10.2. The Kier molecular flexibility index (Phi) is 3.85. The van der Waals surface area contributed by atoms with Gasteiger partial charge in [-0.15, -0.1) is 0 Å². The SMILES string of the molecule is Cc1ccc(C(C)NC(=O)Cn2ccccc2=O)o1. The topological polar surface area (TPSA) is 64.2 Å². The number of rotatable bonds is 4. The standard InChI is InChI=1S/C14H16N2O3/c1-10-6-7-12(19-10)11(2)15-13(17)9-16-8-4-3-5-14(16)18/h3-8,11H,9H2,1-2H3,(H,15,17). The van der Waals surface area contributed by atoms with Crippen LogP contribution in [0.2, 0.25) is 0 Å². The van der Waals surface area contributed by atoms with Gasteiger partial charge in [0.05, 0.1) is 6.04 Å². The molecule has 0 saturated carbocycles. The summed E-state index contributed by atoms with van der Waals surface area (Å²) in [5.41, 5.74) is -0.195. The molecule has 2 aromatic rings. The Bertz CT molecular complexity index is 627. The fourth-order valence-corrected chi connectivity index (χ4v) is 1.79. The van der Waals surface area contributed by atoms with Crippen molar-refractivity contribution in [2.24, 2.45) is 0 Å². The van der Waals surface area contributed by atoms with Crippen molar-refractivity contribution in [2.75, 3.05) is 0 Å². The first-order valence-corrected chi connectivity index (χ1v) is 6.07. The Morgan fingerprint density at radius 3 is 2.79 bits per heavy atom. The number of hydrogen-bond donors (Lipinski definition) is 1. The van der Waals surface area contributed by atoms with E-state index in [4.69, 9.17) is 4.42 Å². The first-order chi connectivity index (χ1) is 9.06. The highest BCUT2D eigenvalue weighted by Gasteiger charge is 2.13. The molecular formula is C14H16N2O3. The van der Waals surface area contributed by atoms with E-state index in [9.17, 15) is 9.59 Å². The van der Waals surface area contributed by atoms with Crippen LogP contribution in [0.4, 0.5) is 0 Å². The lowest BCUT2D eigenvalue weighted by molar-refractivity contribution is -0.122. The number of hydrogen-bond acceptors (Lipinski definition) is 3. The molecule has 0 bridgehead atoms. The molecular weight excluding hydrogens is 244 g/mol. The molecule has 0 fully saturated rings. The van der Waals surface area contributed by atoms with Crippen LogP contribution in [0.15, 0.2) is 45.7 Å². The van der Waals surface area contributed by atoms with Crippen LogP contribution in [0.5, 0.6) is 0 Å². The lowest BCUT2D eigenvalue weighted by Crippen LogP contribution is -2.33. The van der Waals surface area contributed by atoms with Crippen molar-refractivity contribution in [3.63, 3.8) is 0 Å². The van der Waals surface area contributed by atoms with Crippen molar-refractivity contribution in [3.05, 3.63) is 58.4 Å². The van der Waals surface area contributed by atoms with E-state index in [1.165, 1.54) is 10.6 Å². The molecule has 1 N–H and O–H groups in total. The van der Waals surface area contributed by atoms with Gasteiger partial charge < -0.3 is 14.3 Å². The van der Waals surface area contributed by atoms with Crippen molar-refractivity contribution in [1.29, 1.82) is 0 Å². The Labute approximate surface area is 110 Å². The van der Waals surface area contributed by atoms with E-state index in [2.05, 4.69) is 5.32 Å². The van der Waals surface area contributed by atoms with Crippen LogP contribution in [0.1, 0.15) is 24.5 Å². The number of aromatic nitrogens is 1. The summed E-state index contributed by atoms with van der Waals surface area (Å²) in [5, 5.41) is 2.79. The van der Waals surface area contributed by atoms with E-state index in [-0.39, 0.29) is 24.1 Å². The fourth-order valence-electron chi connectivity index (χ4n) is 1.79. The monoisotopic (exact) mass is 260 g/mol. The number of carbonyl (C=O) groups excluding carboxylic acids is 1. The highest BCUT2D eigenvalue weighted by atomic mass is 16.3. The first kappa shape index (κ1) is 13.1. The molecule has 2 heterocycles. The number of aryl methyl sites for hydroxylation is 1. The zero-order chi connectivity index (χ0) is 13.8. The highest BCUT2D eigenvalue weighted by molar-refractivity contribution is 5.76. The van der Waals surface area contributed by atoms with Crippen molar-refractivity contribution in [2.45, 2.75) is 26.4 Å². The minimum atomic E-state index is -0.227. The Morgan fingerprint density at radius 2 is 2.16 bits per heavy atom. The molecule has 0 aliphatic carbocycles. The molecule has 2 rings (SSSR count). The fraction of sp³-hybridized carbons (Fsp3) is 0.286. The van der Waals surface area contributed by atoms with Crippen molar-refractivity contribution >= 4 is 5.91 Å². The molecule has 0 aromatic carbocycles. The molecule has 5 heteroatoms. The predicted octanol–water partition coefficient (Wildman–Crippen LogP) is 1.63. The molecule has 0 aliphatic rings. The number of pyridine rings is 1. The van der Waals surface area contributed by atoms with Crippen LogP contribution in [-0.4, -0.2) is 10.5 Å². The Morgan fingerprint density at radius 1 is 1.37 bits per heavy atom. The molecule has 0 spiro atoms. The van der Waals surface area contributed by atoms with Gasteiger partial charge in [-0.1, -0.05) is 6.07 Å². The molecule has 0 aliphatic heterocycles. The zero-order valence-corrected chi connectivity index (χ0v) is 10.9. The average molecular weight is 260 g/mol. The predicted molar refractivity (Wildman–Crippen MR) is 70.7 cm³/mol. The molecule has 1 atom stereocenters. The summed E-state index contributed by atoms with van der Waals surface area (Å²) in [5.74, 6) is 1.27.